The van der Waals surface area contributed by atoms with E-state index >= 15 is 0 Å². The maximum Gasteiger partial charge on any atom is 0.265 e. The summed E-state index contributed by atoms with van der Waals surface area (Å²) in [6, 6.07) is 6.33. The van der Waals surface area contributed by atoms with Gasteiger partial charge in [-0.05, 0) is 24.3 Å². The van der Waals surface area contributed by atoms with Gasteiger partial charge < -0.3 is 9.64 Å². The normalized spacial score (nSPS) is 16.2. The lowest BCUT2D eigenvalue weighted by molar-refractivity contribution is 0.0702. The predicted octanol–water partition coefficient (Wildman–Crippen LogP) is 2.60. The average Bonchev–Trinajstić information content (AvgIpc) is 3.18. The lowest BCUT2D eigenvalue weighted by Gasteiger charge is -2.33. The summed E-state index contributed by atoms with van der Waals surface area (Å²) >= 11 is 1.40. The van der Waals surface area contributed by atoms with Crippen molar-refractivity contribution in [1.29, 1.82) is 0 Å². The number of sulfonamides is 1. The molecule has 0 saturated carbocycles. The Balaban J connectivity index is 1.66. The number of thiazole rings is 1. The Hall–Kier alpha value is -1.97. The fourth-order valence-corrected chi connectivity index (χ4v) is 5.27. The van der Waals surface area contributed by atoms with Crippen LogP contribution in [0.2, 0.25) is 0 Å². The Bertz CT molecular complexity index is 938. The topological polar surface area (TPSA) is 79.8 Å². The van der Waals surface area contributed by atoms with Crippen LogP contribution in [0, 0.1) is 0 Å². The fourth-order valence-electron chi connectivity index (χ4n) is 2.90. The molecule has 0 atom stereocenters. The van der Waals surface area contributed by atoms with E-state index in [0.717, 1.165) is 5.01 Å². The molecule has 7 nitrogen and oxygen atoms in total. The summed E-state index contributed by atoms with van der Waals surface area (Å²) in [5.41, 5.74) is -0.103. The molecule has 1 aliphatic heterocycles. The molecule has 2 aromatic rings. The van der Waals surface area contributed by atoms with Gasteiger partial charge in [-0.2, -0.15) is 4.31 Å². The van der Waals surface area contributed by atoms with Gasteiger partial charge in [0, 0.05) is 31.6 Å². The van der Waals surface area contributed by atoms with Crippen LogP contribution in [0.15, 0.2) is 35.4 Å². The summed E-state index contributed by atoms with van der Waals surface area (Å²) in [5, 5.41) is 0.913. The lowest BCUT2D eigenvalue weighted by atomic mass is 9.98. The van der Waals surface area contributed by atoms with Gasteiger partial charge in [-0.1, -0.05) is 20.8 Å². The first-order valence-electron chi connectivity index (χ1n) is 9.03. The molecule has 1 fully saturated rings. The Morgan fingerprint density at radius 1 is 1.11 bits per heavy atom. The third-order valence-electron chi connectivity index (χ3n) is 4.58. The molecule has 0 spiro atoms. The summed E-state index contributed by atoms with van der Waals surface area (Å²) < 4.78 is 32.1. The van der Waals surface area contributed by atoms with E-state index in [1.165, 1.54) is 34.9 Å². The van der Waals surface area contributed by atoms with Gasteiger partial charge in [-0.3, -0.25) is 4.79 Å². The molecule has 152 valence electrons. The number of ether oxygens (including phenoxy) is 1. The molecule has 0 radical (unpaired) electrons. The first-order chi connectivity index (χ1) is 13.1. The molecule has 1 aliphatic rings. The van der Waals surface area contributed by atoms with Crippen molar-refractivity contribution in [3.63, 3.8) is 0 Å². The zero-order valence-corrected chi connectivity index (χ0v) is 18.1. The van der Waals surface area contributed by atoms with E-state index in [1.807, 2.05) is 0 Å². The molecule has 1 saturated heterocycles. The number of carbonyl (C=O) groups is 1. The zero-order chi connectivity index (χ0) is 20.5. The van der Waals surface area contributed by atoms with E-state index in [2.05, 4.69) is 25.8 Å². The minimum absolute atomic E-state index is 0.0884. The van der Waals surface area contributed by atoms with Crippen LogP contribution in [0.5, 0.6) is 5.75 Å². The highest BCUT2D eigenvalue weighted by Crippen LogP contribution is 2.28. The van der Waals surface area contributed by atoms with Crippen LogP contribution in [0.1, 0.15) is 35.5 Å². The van der Waals surface area contributed by atoms with Crippen LogP contribution in [-0.2, 0) is 15.4 Å². The molecule has 28 heavy (non-hydrogen) atoms. The van der Waals surface area contributed by atoms with Crippen LogP contribution >= 0.6 is 11.3 Å². The van der Waals surface area contributed by atoms with Crippen molar-refractivity contribution >= 4 is 27.3 Å². The van der Waals surface area contributed by atoms with Crippen LogP contribution < -0.4 is 4.74 Å². The van der Waals surface area contributed by atoms with Crippen molar-refractivity contribution in [2.75, 3.05) is 33.3 Å². The fraction of sp³-hybridized carbons (Fsp3) is 0.474. The largest absolute Gasteiger partial charge is 0.497 e. The maximum absolute atomic E-state index is 12.8. The van der Waals surface area contributed by atoms with E-state index in [1.54, 1.807) is 23.2 Å². The number of hydrogen-bond acceptors (Lipinski definition) is 6. The SMILES string of the molecule is COc1ccc(S(=O)(=O)N2CCN(C(=O)c3cnc(C(C)(C)C)s3)CC2)cc1. The van der Waals surface area contributed by atoms with Crippen molar-refractivity contribution in [2.45, 2.75) is 31.1 Å². The zero-order valence-electron chi connectivity index (χ0n) is 16.5. The van der Waals surface area contributed by atoms with Crippen molar-refractivity contribution in [1.82, 2.24) is 14.2 Å². The molecular formula is C19H25N3O4S2. The summed E-state index contributed by atoms with van der Waals surface area (Å²) in [4.78, 5) is 19.6. The third kappa shape index (κ3) is 4.21. The smallest absolute Gasteiger partial charge is 0.265 e. The molecule has 0 N–H and O–H groups in total. The number of hydrogen-bond donors (Lipinski definition) is 0. The summed E-state index contributed by atoms with van der Waals surface area (Å²) in [6.45, 7) is 7.43. The van der Waals surface area contributed by atoms with E-state index in [-0.39, 0.29) is 29.3 Å². The van der Waals surface area contributed by atoms with E-state index in [0.29, 0.717) is 23.7 Å². The van der Waals surface area contributed by atoms with Crippen molar-refractivity contribution < 1.29 is 17.9 Å². The number of carbonyl (C=O) groups excluding carboxylic acids is 1. The Kier molecular flexibility index (Phi) is 5.79. The monoisotopic (exact) mass is 423 g/mol. The standard InChI is InChI=1S/C19H25N3O4S2/c1-19(2,3)18-20-13-16(27-18)17(23)21-9-11-22(12-10-21)28(24,25)15-7-5-14(26-4)6-8-15/h5-8,13H,9-12H2,1-4H3. The number of methoxy groups -OCH3 is 1. The molecule has 0 aliphatic carbocycles. The first-order valence-corrected chi connectivity index (χ1v) is 11.3. The van der Waals surface area contributed by atoms with Crippen LogP contribution in [0.25, 0.3) is 0 Å². The van der Waals surface area contributed by atoms with Gasteiger partial charge in [0.1, 0.15) is 10.6 Å². The predicted molar refractivity (Wildman–Crippen MR) is 108 cm³/mol. The number of rotatable bonds is 4. The Labute approximate surface area is 170 Å². The second-order valence-corrected chi connectivity index (χ2v) is 10.6. The highest BCUT2D eigenvalue weighted by Gasteiger charge is 2.31. The summed E-state index contributed by atoms with van der Waals surface area (Å²) in [5.74, 6) is 0.517. The number of amides is 1. The first kappa shape index (κ1) is 20.8. The van der Waals surface area contributed by atoms with E-state index in [9.17, 15) is 13.2 Å². The van der Waals surface area contributed by atoms with Gasteiger partial charge in [0.05, 0.1) is 23.2 Å². The molecule has 2 heterocycles. The van der Waals surface area contributed by atoms with Gasteiger partial charge in [0.2, 0.25) is 10.0 Å². The molecular weight excluding hydrogens is 398 g/mol. The quantitative estimate of drug-likeness (QED) is 0.755. The van der Waals surface area contributed by atoms with Crippen molar-refractivity contribution in [3.05, 3.63) is 40.3 Å². The number of piperazine rings is 1. The molecule has 0 unspecified atom stereocenters. The van der Waals surface area contributed by atoms with Gasteiger partial charge in [-0.25, -0.2) is 13.4 Å². The van der Waals surface area contributed by atoms with E-state index in [4.69, 9.17) is 4.74 Å². The summed E-state index contributed by atoms with van der Waals surface area (Å²) in [7, 11) is -2.05. The minimum Gasteiger partial charge on any atom is -0.497 e. The highest BCUT2D eigenvalue weighted by atomic mass is 32.2. The Morgan fingerprint density at radius 2 is 1.71 bits per heavy atom. The van der Waals surface area contributed by atoms with E-state index < -0.39 is 10.0 Å². The van der Waals surface area contributed by atoms with Crippen LogP contribution in [0.4, 0.5) is 0 Å². The molecule has 9 heteroatoms. The van der Waals surface area contributed by atoms with Crippen molar-refractivity contribution in [3.8, 4) is 5.75 Å². The third-order valence-corrected chi connectivity index (χ3v) is 7.91. The second kappa shape index (κ2) is 7.81. The molecule has 1 amide bonds. The molecule has 3 rings (SSSR count). The minimum atomic E-state index is -3.59. The molecule has 1 aromatic carbocycles. The van der Waals surface area contributed by atoms with Gasteiger partial charge in [-0.15, -0.1) is 11.3 Å². The number of nitrogens with zero attached hydrogens (tertiary/aromatic N) is 3. The highest BCUT2D eigenvalue weighted by molar-refractivity contribution is 7.89. The maximum atomic E-state index is 12.8. The Morgan fingerprint density at radius 3 is 2.21 bits per heavy atom. The van der Waals surface area contributed by atoms with Gasteiger partial charge in [0.15, 0.2) is 0 Å². The lowest BCUT2D eigenvalue weighted by Crippen LogP contribution is -2.50. The molecule has 0 bridgehead atoms. The van der Waals surface area contributed by atoms with Gasteiger partial charge >= 0.3 is 0 Å². The number of benzene rings is 1. The average molecular weight is 424 g/mol. The van der Waals surface area contributed by atoms with Crippen molar-refractivity contribution in [2.24, 2.45) is 0 Å². The number of aromatic nitrogens is 1. The molecule has 1 aromatic heterocycles. The van der Waals surface area contributed by atoms with Gasteiger partial charge in [0.25, 0.3) is 5.91 Å². The van der Waals surface area contributed by atoms with Crippen LogP contribution in [-0.4, -0.2) is 61.8 Å². The second-order valence-electron chi connectivity index (χ2n) is 7.65. The van der Waals surface area contributed by atoms with Crippen LogP contribution in [0.3, 0.4) is 0 Å². The summed E-state index contributed by atoms with van der Waals surface area (Å²) in [6.07, 6.45) is 1.62.